The van der Waals surface area contributed by atoms with Crippen LogP contribution < -0.4 is 9.62 Å². The Kier molecular flexibility index (Phi) is 5.45. The SMILES string of the molecule is CC1(CF)CN(c2ccc(S(=O)(=O)NCCc3ncccn3)cc2Cl)C1. The molecule has 0 radical (unpaired) electrons. The number of sulfonamides is 1. The molecule has 9 heteroatoms. The molecule has 3 rings (SSSR count). The number of anilines is 1. The zero-order valence-electron chi connectivity index (χ0n) is 14.3. The number of rotatable bonds is 7. The van der Waals surface area contributed by atoms with Crippen LogP contribution >= 0.6 is 11.6 Å². The molecular weight excluding hydrogens is 379 g/mol. The Bertz CT molecular complexity index is 874. The van der Waals surface area contributed by atoms with E-state index >= 15 is 0 Å². The molecule has 1 aliphatic heterocycles. The second-order valence-corrected chi connectivity index (χ2v) is 8.90. The molecule has 1 N–H and O–H groups in total. The first-order valence-corrected chi connectivity index (χ1v) is 10.1. The molecule has 1 aromatic carbocycles. The molecule has 2 heterocycles. The largest absolute Gasteiger partial charge is 0.369 e. The van der Waals surface area contributed by atoms with Crippen molar-refractivity contribution < 1.29 is 12.8 Å². The van der Waals surface area contributed by atoms with E-state index in [9.17, 15) is 12.8 Å². The van der Waals surface area contributed by atoms with Crippen LogP contribution in [-0.4, -0.2) is 44.7 Å². The Balaban J connectivity index is 1.64. The Morgan fingerprint density at radius 2 is 2.00 bits per heavy atom. The fraction of sp³-hybridized carbons (Fsp3) is 0.412. The van der Waals surface area contributed by atoms with E-state index in [1.165, 1.54) is 12.1 Å². The lowest BCUT2D eigenvalue weighted by molar-refractivity contribution is 0.179. The number of hydrogen-bond acceptors (Lipinski definition) is 5. The number of benzene rings is 1. The van der Waals surface area contributed by atoms with E-state index in [2.05, 4.69) is 14.7 Å². The second kappa shape index (κ2) is 7.46. The summed E-state index contributed by atoms with van der Waals surface area (Å²) in [7, 11) is -3.68. The fourth-order valence-corrected chi connectivity index (χ4v) is 4.30. The number of nitrogens with one attached hydrogen (secondary N) is 1. The first kappa shape index (κ1) is 19.0. The highest BCUT2D eigenvalue weighted by Crippen LogP contribution is 2.38. The van der Waals surface area contributed by atoms with Gasteiger partial charge in [0.25, 0.3) is 0 Å². The predicted molar refractivity (Wildman–Crippen MR) is 98.7 cm³/mol. The van der Waals surface area contributed by atoms with E-state index in [-0.39, 0.29) is 23.5 Å². The summed E-state index contributed by atoms with van der Waals surface area (Å²) in [4.78, 5) is 10.1. The molecule has 6 nitrogen and oxygen atoms in total. The summed E-state index contributed by atoms with van der Waals surface area (Å²) in [5.41, 5.74) is 0.365. The summed E-state index contributed by atoms with van der Waals surface area (Å²) < 4.78 is 40.3. The second-order valence-electron chi connectivity index (χ2n) is 6.73. The topological polar surface area (TPSA) is 75.2 Å². The molecule has 0 atom stereocenters. The van der Waals surface area contributed by atoms with Crippen molar-refractivity contribution in [2.75, 3.05) is 31.2 Å². The maximum Gasteiger partial charge on any atom is 0.240 e. The van der Waals surface area contributed by atoms with Gasteiger partial charge in [0.1, 0.15) is 5.82 Å². The van der Waals surface area contributed by atoms with Crippen LogP contribution in [0.1, 0.15) is 12.7 Å². The molecule has 140 valence electrons. The van der Waals surface area contributed by atoms with Gasteiger partial charge in [0, 0.05) is 43.9 Å². The number of alkyl halides is 1. The molecule has 1 aromatic heterocycles. The maximum atomic E-state index is 12.9. The Labute approximate surface area is 157 Å². The van der Waals surface area contributed by atoms with Crippen LogP contribution in [0.3, 0.4) is 0 Å². The quantitative estimate of drug-likeness (QED) is 0.775. The van der Waals surface area contributed by atoms with Gasteiger partial charge in [0.2, 0.25) is 10.0 Å². The molecule has 2 aromatic rings. The third-order valence-electron chi connectivity index (χ3n) is 4.30. The average Bonchev–Trinajstić information content (AvgIpc) is 2.60. The third kappa shape index (κ3) is 4.13. The third-order valence-corrected chi connectivity index (χ3v) is 6.06. The summed E-state index contributed by atoms with van der Waals surface area (Å²) in [6.07, 6.45) is 3.61. The van der Waals surface area contributed by atoms with Crippen LogP contribution in [0.25, 0.3) is 0 Å². The molecule has 0 unspecified atom stereocenters. The number of nitrogens with zero attached hydrogens (tertiary/aromatic N) is 3. The van der Waals surface area contributed by atoms with E-state index in [1.807, 2.05) is 11.8 Å². The van der Waals surface area contributed by atoms with Gasteiger partial charge in [-0.2, -0.15) is 0 Å². The van der Waals surface area contributed by atoms with Gasteiger partial charge in [-0.25, -0.2) is 23.1 Å². The highest BCUT2D eigenvalue weighted by Gasteiger charge is 2.39. The zero-order valence-corrected chi connectivity index (χ0v) is 15.9. The Morgan fingerprint density at radius 3 is 2.62 bits per heavy atom. The van der Waals surface area contributed by atoms with Gasteiger partial charge in [-0.1, -0.05) is 18.5 Å². The van der Waals surface area contributed by atoms with Crippen molar-refractivity contribution in [2.24, 2.45) is 5.41 Å². The minimum absolute atomic E-state index is 0.0917. The van der Waals surface area contributed by atoms with Gasteiger partial charge >= 0.3 is 0 Å². The molecule has 1 aliphatic rings. The van der Waals surface area contributed by atoms with Crippen LogP contribution in [0.15, 0.2) is 41.6 Å². The molecule has 0 spiro atoms. The van der Waals surface area contributed by atoms with Gasteiger partial charge < -0.3 is 4.90 Å². The lowest BCUT2D eigenvalue weighted by atomic mass is 9.83. The number of halogens is 2. The Morgan fingerprint density at radius 1 is 1.31 bits per heavy atom. The summed E-state index contributed by atoms with van der Waals surface area (Å²) in [5, 5.41) is 0.333. The van der Waals surface area contributed by atoms with Gasteiger partial charge in [-0.05, 0) is 24.3 Å². The van der Waals surface area contributed by atoms with Crippen LogP contribution in [0.4, 0.5) is 10.1 Å². The molecule has 0 saturated carbocycles. The minimum atomic E-state index is -3.68. The van der Waals surface area contributed by atoms with E-state index in [4.69, 9.17) is 11.6 Å². The summed E-state index contributed by atoms with van der Waals surface area (Å²) in [5.74, 6) is 0.567. The number of aromatic nitrogens is 2. The van der Waals surface area contributed by atoms with Crippen LogP contribution in [0.2, 0.25) is 5.02 Å². The van der Waals surface area contributed by atoms with Crippen molar-refractivity contribution in [2.45, 2.75) is 18.2 Å². The van der Waals surface area contributed by atoms with Crippen LogP contribution in [-0.2, 0) is 16.4 Å². The summed E-state index contributed by atoms with van der Waals surface area (Å²) in [6, 6.07) is 6.29. The smallest absolute Gasteiger partial charge is 0.240 e. The average molecular weight is 399 g/mol. The van der Waals surface area contributed by atoms with Gasteiger partial charge in [-0.15, -0.1) is 0 Å². The molecular formula is C17H20ClFN4O2S. The van der Waals surface area contributed by atoms with E-state index in [1.54, 1.807) is 24.5 Å². The zero-order chi connectivity index (χ0) is 18.8. The van der Waals surface area contributed by atoms with E-state index < -0.39 is 10.0 Å². The van der Waals surface area contributed by atoms with Crippen molar-refractivity contribution in [3.05, 3.63) is 47.5 Å². The molecule has 0 amide bonds. The lowest BCUT2D eigenvalue weighted by Gasteiger charge is -2.48. The highest BCUT2D eigenvalue weighted by atomic mass is 35.5. The molecule has 1 saturated heterocycles. The van der Waals surface area contributed by atoms with Crippen molar-refractivity contribution in [1.29, 1.82) is 0 Å². The van der Waals surface area contributed by atoms with E-state index in [0.717, 1.165) is 0 Å². The predicted octanol–water partition coefficient (Wildman–Crippen LogP) is 2.45. The normalized spacial score (nSPS) is 16.3. The fourth-order valence-electron chi connectivity index (χ4n) is 2.88. The van der Waals surface area contributed by atoms with Crippen molar-refractivity contribution >= 4 is 27.3 Å². The summed E-state index contributed by atoms with van der Waals surface area (Å²) in [6.45, 7) is 2.79. The minimum Gasteiger partial charge on any atom is -0.369 e. The number of hydrogen-bond donors (Lipinski definition) is 1. The lowest BCUT2D eigenvalue weighted by Crippen LogP contribution is -2.56. The van der Waals surface area contributed by atoms with Gasteiger partial charge in [0.15, 0.2) is 0 Å². The van der Waals surface area contributed by atoms with Crippen LogP contribution in [0.5, 0.6) is 0 Å². The Hall–Kier alpha value is -1.77. The summed E-state index contributed by atoms with van der Waals surface area (Å²) >= 11 is 6.26. The molecule has 26 heavy (non-hydrogen) atoms. The van der Waals surface area contributed by atoms with Gasteiger partial charge in [0.05, 0.1) is 22.3 Å². The van der Waals surface area contributed by atoms with Crippen molar-refractivity contribution in [1.82, 2.24) is 14.7 Å². The van der Waals surface area contributed by atoms with Gasteiger partial charge in [-0.3, -0.25) is 4.39 Å². The molecule has 0 bridgehead atoms. The monoisotopic (exact) mass is 398 g/mol. The van der Waals surface area contributed by atoms with E-state index in [0.29, 0.717) is 36.0 Å². The maximum absolute atomic E-state index is 12.9. The first-order chi connectivity index (χ1) is 12.3. The molecule has 1 fully saturated rings. The van der Waals surface area contributed by atoms with Crippen LogP contribution in [0, 0.1) is 5.41 Å². The first-order valence-electron chi connectivity index (χ1n) is 8.19. The molecule has 0 aliphatic carbocycles. The standard InChI is InChI=1S/C17H20ClFN4O2S/c1-17(10-19)11-23(12-17)15-4-3-13(9-14(15)18)26(24,25)22-8-5-16-20-6-2-7-21-16/h2-4,6-7,9,22H,5,8,10-12H2,1H3. The van der Waals surface area contributed by atoms with Crippen molar-refractivity contribution in [3.8, 4) is 0 Å². The highest BCUT2D eigenvalue weighted by molar-refractivity contribution is 7.89. The van der Waals surface area contributed by atoms with Crippen molar-refractivity contribution in [3.63, 3.8) is 0 Å².